The van der Waals surface area contributed by atoms with Crippen LogP contribution < -0.4 is 5.32 Å². The number of ether oxygens (including phenoxy) is 1. The third-order valence-corrected chi connectivity index (χ3v) is 4.88. The number of fused-ring (bicyclic) bond motifs is 2. The molecule has 4 nitrogen and oxygen atoms in total. The van der Waals surface area contributed by atoms with E-state index in [2.05, 4.69) is 37.9 Å². The predicted molar refractivity (Wildman–Crippen MR) is 69.4 cm³/mol. The van der Waals surface area contributed by atoms with E-state index in [1.807, 2.05) is 0 Å². The van der Waals surface area contributed by atoms with Crippen molar-refractivity contribution in [3.8, 4) is 0 Å². The minimum Gasteiger partial charge on any atom is -0.441 e. The molecular weight excluding hydrogens is 228 g/mol. The van der Waals surface area contributed by atoms with Crippen LogP contribution in [0.4, 0.5) is 4.79 Å². The molecule has 102 valence electrons. The molecule has 3 rings (SSSR count). The summed E-state index contributed by atoms with van der Waals surface area (Å²) in [4.78, 5) is 14.0. The average molecular weight is 252 g/mol. The second-order valence-electron chi connectivity index (χ2n) is 7.35. The van der Waals surface area contributed by atoms with Crippen molar-refractivity contribution in [2.75, 3.05) is 6.54 Å². The summed E-state index contributed by atoms with van der Waals surface area (Å²) in [6.07, 6.45) is 2.98. The number of rotatable bonds is 0. The highest BCUT2D eigenvalue weighted by atomic mass is 16.6. The third-order valence-electron chi connectivity index (χ3n) is 4.88. The summed E-state index contributed by atoms with van der Waals surface area (Å²) in [5.74, 6) is 0.702. The van der Waals surface area contributed by atoms with Crippen molar-refractivity contribution in [3.05, 3.63) is 0 Å². The summed E-state index contributed by atoms with van der Waals surface area (Å²) in [6.45, 7) is 9.92. The van der Waals surface area contributed by atoms with E-state index in [4.69, 9.17) is 4.74 Å². The minimum absolute atomic E-state index is 0.206. The topological polar surface area (TPSA) is 41.6 Å². The number of hydrogen-bond donors (Lipinski definition) is 1. The Morgan fingerprint density at radius 1 is 1.39 bits per heavy atom. The standard InChI is InChI=1S/C14H24N2O2/c1-9-5-10-6-14(8-15-12(17)18-14)7-11(9)16(10)13(2,3)4/h9-11H,5-8H2,1-4H3,(H,15,17)/t9-,10?,11?,14+/m1/s1. The minimum atomic E-state index is -0.230. The molecule has 3 heterocycles. The van der Waals surface area contributed by atoms with Crippen LogP contribution in [0.2, 0.25) is 0 Å². The monoisotopic (exact) mass is 252 g/mol. The Morgan fingerprint density at radius 3 is 2.61 bits per heavy atom. The van der Waals surface area contributed by atoms with Crippen LogP contribution >= 0.6 is 0 Å². The summed E-state index contributed by atoms with van der Waals surface area (Å²) in [5, 5.41) is 2.84. The van der Waals surface area contributed by atoms with E-state index in [1.54, 1.807) is 0 Å². The molecule has 18 heavy (non-hydrogen) atoms. The number of carbonyl (C=O) groups excluding carboxylic acids is 1. The zero-order chi connectivity index (χ0) is 13.1. The van der Waals surface area contributed by atoms with Crippen molar-refractivity contribution in [3.63, 3.8) is 0 Å². The van der Waals surface area contributed by atoms with Gasteiger partial charge in [-0.2, -0.15) is 0 Å². The van der Waals surface area contributed by atoms with Crippen molar-refractivity contribution in [2.45, 2.75) is 70.2 Å². The van der Waals surface area contributed by atoms with E-state index in [0.29, 0.717) is 24.5 Å². The van der Waals surface area contributed by atoms with Crippen LogP contribution in [0.5, 0.6) is 0 Å². The maximum absolute atomic E-state index is 11.4. The molecule has 0 aromatic rings. The van der Waals surface area contributed by atoms with Gasteiger partial charge in [0.2, 0.25) is 0 Å². The highest BCUT2D eigenvalue weighted by molar-refractivity contribution is 5.70. The second kappa shape index (κ2) is 3.62. The molecule has 2 unspecified atom stereocenters. The van der Waals surface area contributed by atoms with Crippen molar-refractivity contribution >= 4 is 6.09 Å². The molecule has 0 radical (unpaired) electrons. The molecule has 2 bridgehead atoms. The molecule has 0 aliphatic carbocycles. The fourth-order valence-corrected chi connectivity index (χ4v) is 4.39. The van der Waals surface area contributed by atoms with Gasteiger partial charge in [-0.15, -0.1) is 0 Å². The lowest BCUT2D eigenvalue weighted by Crippen LogP contribution is -2.59. The summed E-state index contributed by atoms with van der Waals surface area (Å²) in [5.41, 5.74) is -0.0172. The van der Waals surface area contributed by atoms with Crippen molar-refractivity contribution in [1.29, 1.82) is 0 Å². The van der Waals surface area contributed by atoms with Gasteiger partial charge in [0.05, 0.1) is 6.54 Å². The molecule has 0 saturated carbocycles. The number of amides is 1. The van der Waals surface area contributed by atoms with Crippen molar-refractivity contribution in [1.82, 2.24) is 10.2 Å². The fraction of sp³-hybridized carbons (Fsp3) is 0.929. The van der Waals surface area contributed by atoms with Crippen LogP contribution in [0.3, 0.4) is 0 Å². The molecule has 3 aliphatic rings. The summed E-state index contributed by atoms with van der Waals surface area (Å²) in [6, 6.07) is 1.11. The maximum atomic E-state index is 11.4. The van der Waals surface area contributed by atoms with Crippen LogP contribution in [0.1, 0.15) is 47.0 Å². The number of alkyl carbamates (subject to hydrolysis) is 1. The van der Waals surface area contributed by atoms with E-state index < -0.39 is 0 Å². The van der Waals surface area contributed by atoms with Gasteiger partial charge in [0, 0.05) is 30.5 Å². The molecule has 3 saturated heterocycles. The molecular formula is C14H24N2O2. The van der Waals surface area contributed by atoms with Gasteiger partial charge in [0.15, 0.2) is 0 Å². The molecule has 3 fully saturated rings. The van der Waals surface area contributed by atoms with Crippen LogP contribution in [-0.2, 0) is 4.74 Å². The number of nitrogens with zero attached hydrogens (tertiary/aromatic N) is 1. The third kappa shape index (κ3) is 1.73. The first kappa shape index (κ1) is 12.3. The summed E-state index contributed by atoms with van der Waals surface area (Å²) >= 11 is 0. The predicted octanol–water partition coefficient (Wildman–Crippen LogP) is 2.14. The van der Waals surface area contributed by atoms with E-state index in [1.165, 1.54) is 6.42 Å². The van der Waals surface area contributed by atoms with Gasteiger partial charge >= 0.3 is 6.09 Å². The number of nitrogens with one attached hydrogen (secondary N) is 1. The van der Waals surface area contributed by atoms with Crippen molar-refractivity contribution < 1.29 is 9.53 Å². The summed E-state index contributed by atoms with van der Waals surface area (Å²) in [7, 11) is 0. The number of carbonyl (C=O) groups is 1. The molecule has 1 N–H and O–H groups in total. The van der Waals surface area contributed by atoms with E-state index in [-0.39, 0.29) is 17.2 Å². The van der Waals surface area contributed by atoms with Gasteiger partial charge in [-0.25, -0.2) is 4.79 Å². The Kier molecular flexibility index (Phi) is 2.47. The lowest BCUT2D eigenvalue weighted by molar-refractivity contribution is -0.0639. The SMILES string of the molecule is C[C@@H]1CC2C[C@@]3(CNC(=O)O3)CC1N2C(C)(C)C. The average Bonchev–Trinajstić information content (AvgIpc) is 2.66. The van der Waals surface area contributed by atoms with Crippen molar-refractivity contribution in [2.24, 2.45) is 5.92 Å². The Morgan fingerprint density at radius 2 is 2.11 bits per heavy atom. The first-order valence-corrected chi connectivity index (χ1v) is 7.06. The zero-order valence-electron chi connectivity index (χ0n) is 11.8. The second-order valence-corrected chi connectivity index (χ2v) is 7.35. The van der Waals surface area contributed by atoms with Gasteiger partial charge in [0.1, 0.15) is 5.60 Å². The van der Waals surface area contributed by atoms with E-state index >= 15 is 0 Å². The Balaban J connectivity index is 1.86. The highest BCUT2D eigenvalue weighted by Gasteiger charge is 2.57. The Hall–Kier alpha value is -0.770. The Bertz CT molecular complexity index is 376. The quantitative estimate of drug-likeness (QED) is 0.718. The zero-order valence-corrected chi connectivity index (χ0v) is 11.8. The summed E-state index contributed by atoms with van der Waals surface area (Å²) < 4.78 is 5.60. The van der Waals surface area contributed by atoms with E-state index in [9.17, 15) is 4.79 Å². The van der Waals surface area contributed by atoms with Crippen LogP contribution in [-0.4, -0.2) is 40.8 Å². The molecule has 4 atom stereocenters. The molecule has 0 aromatic carbocycles. The lowest BCUT2D eigenvalue weighted by Gasteiger charge is -2.49. The first-order valence-electron chi connectivity index (χ1n) is 7.06. The van der Waals surface area contributed by atoms with Crippen LogP contribution in [0, 0.1) is 5.92 Å². The maximum Gasteiger partial charge on any atom is 0.407 e. The van der Waals surface area contributed by atoms with Crippen LogP contribution in [0.15, 0.2) is 0 Å². The first-order chi connectivity index (χ1) is 8.31. The molecule has 3 aliphatic heterocycles. The van der Waals surface area contributed by atoms with Gasteiger partial charge in [-0.3, -0.25) is 4.90 Å². The molecule has 0 aromatic heterocycles. The smallest absolute Gasteiger partial charge is 0.407 e. The normalized spacial score (nSPS) is 44.2. The van der Waals surface area contributed by atoms with Gasteiger partial charge in [-0.05, 0) is 33.1 Å². The number of piperidine rings is 1. The van der Waals surface area contributed by atoms with Gasteiger partial charge in [0.25, 0.3) is 0 Å². The molecule has 1 amide bonds. The largest absolute Gasteiger partial charge is 0.441 e. The Labute approximate surface area is 109 Å². The molecule has 1 spiro atoms. The highest BCUT2D eigenvalue weighted by Crippen LogP contribution is 2.48. The van der Waals surface area contributed by atoms with Crippen LogP contribution in [0.25, 0.3) is 0 Å². The molecule has 4 heteroatoms. The lowest BCUT2D eigenvalue weighted by atomic mass is 9.82. The van der Waals surface area contributed by atoms with Gasteiger partial charge in [-0.1, -0.05) is 6.92 Å². The number of hydrogen-bond acceptors (Lipinski definition) is 3. The van der Waals surface area contributed by atoms with Gasteiger partial charge < -0.3 is 10.1 Å². The van der Waals surface area contributed by atoms with E-state index in [0.717, 1.165) is 12.8 Å². The fourth-order valence-electron chi connectivity index (χ4n) is 4.39.